The number of hydrogen-bond donors (Lipinski definition) is 2. The molecule has 0 amide bonds. The highest BCUT2D eigenvalue weighted by molar-refractivity contribution is 5.35. The van der Waals surface area contributed by atoms with Crippen molar-refractivity contribution in [2.45, 2.75) is 26.5 Å². The van der Waals surface area contributed by atoms with Gasteiger partial charge < -0.3 is 19.7 Å². The molecule has 1 heterocycles. The van der Waals surface area contributed by atoms with E-state index in [1.807, 2.05) is 29.8 Å². The Morgan fingerprint density at radius 2 is 2.24 bits per heavy atom. The molecular weight excluding hydrogens is 266 g/mol. The Hall–Kier alpha value is -1.85. The molecule has 1 unspecified atom stereocenters. The summed E-state index contributed by atoms with van der Waals surface area (Å²) in [6.45, 7) is 6.50. The lowest BCUT2D eigenvalue weighted by molar-refractivity contribution is 0.106. The number of imidazole rings is 1. The minimum atomic E-state index is -0.520. The van der Waals surface area contributed by atoms with Crippen LogP contribution in [0.4, 0.5) is 0 Å². The minimum absolute atomic E-state index is 0.294. The lowest BCUT2D eigenvalue weighted by Crippen LogP contribution is -2.33. The van der Waals surface area contributed by atoms with Crippen LogP contribution in [0, 0.1) is 13.8 Å². The molecule has 2 N–H and O–H groups in total. The van der Waals surface area contributed by atoms with Gasteiger partial charge in [-0.2, -0.15) is 0 Å². The van der Waals surface area contributed by atoms with Crippen molar-refractivity contribution >= 4 is 0 Å². The third-order valence-corrected chi connectivity index (χ3v) is 3.25. The molecule has 0 bridgehead atoms. The van der Waals surface area contributed by atoms with Crippen molar-refractivity contribution in [1.29, 1.82) is 0 Å². The van der Waals surface area contributed by atoms with E-state index in [4.69, 9.17) is 4.74 Å². The van der Waals surface area contributed by atoms with Crippen LogP contribution in [-0.4, -0.2) is 40.5 Å². The molecule has 114 valence electrons. The first-order chi connectivity index (χ1) is 10.1. The highest BCUT2D eigenvalue weighted by Gasteiger charge is 2.06. The summed E-state index contributed by atoms with van der Waals surface area (Å²) in [4.78, 5) is 3.98. The average molecular weight is 289 g/mol. The molecule has 0 fully saturated rings. The van der Waals surface area contributed by atoms with Crippen LogP contribution in [0.2, 0.25) is 0 Å². The van der Waals surface area contributed by atoms with Crippen molar-refractivity contribution in [2.75, 3.05) is 19.7 Å². The fourth-order valence-electron chi connectivity index (χ4n) is 2.10. The van der Waals surface area contributed by atoms with Gasteiger partial charge in [0.2, 0.25) is 0 Å². The number of aliphatic hydroxyl groups excluding tert-OH is 1. The zero-order valence-electron chi connectivity index (χ0n) is 12.6. The van der Waals surface area contributed by atoms with E-state index in [-0.39, 0.29) is 0 Å². The first kappa shape index (κ1) is 15.5. The van der Waals surface area contributed by atoms with E-state index in [0.29, 0.717) is 13.2 Å². The van der Waals surface area contributed by atoms with Gasteiger partial charge in [-0.3, -0.25) is 0 Å². The van der Waals surface area contributed by atoms with E-state index >= 15 is 0 Å². The molecule has 1 atom stereocenters. The van der Waals surface area contributed by atoms with Gasteiger partial charge in [-0.15, -0.1) is 0 Å². The van der Waals surface area contributed by atoms with Crippen LogP contribution < -0.4 is 10.1 Å². The van der Waals surface area contributed by atoms with E-state index in [1.165, 1.54) is 5.56 Å². The van der Waals surface area contributed by atoms with Crippen molar-refractivity contribution < 1.29 is 9.84 Å². The molecule has 21 heavy (non-hydrogen) atoms. The van der Waals surface area contributed by atoms with E-state index < -0.39 is 6.10 Å². The Morgan fingerprint density at radius 1 is 1.38 bits per heavy atom. The quantitative estimate of drug-likeness (QED) is 0.724. The number of hydrogen-bond acceptors (Lipinski definition) is 4. The Labute approximate surface area is 125 Å². The fraction of sp³-hybridized carbons (Fsp3) is 0.438. The third kappa shape index (κ3) is 5.21. The average Bonchev–Trinajstić information content (AvgIpc) is 2.96. The van der Waals surface area contributed by atoms with Gasteiger partial charge >= 0.3 is 0 Å². The van der Waals surface area contributed by atoms with Crippen LogP contribution in [0.25, 0.3) is 0 Å². The summed E-state index contributed by atoms with van der Waals surface area (Å²) < 4.78 is 7.64. The van der Waals surface area contributed by atoms with Crippen molar-refractivity contribution in [3.05, 3.63) is 48.0 Å². The van der Waals surface area contributed by atoms with E-state index in [1.54, 1.807) is 12.5 Å². The van der Waals surface area contributed by atoms with E-state index in [0.717, 1.165) is 24.4 Å². The summed E-state index contributed by atoms with van der Waals surface area (Å²) in [5.74, 6) is 0.832. The second kappa shape index (κ2) is 7.81. The molecule has 5 heteroatoms. The molecule has 2 rings (SSSR count). The number of benzene rings is 1. The number of aromatic nitrogens is 2. The summed E-state index contributed by atoms with van der Waals surface area (Å²) in [7, 11) is 0. The van der Waals surface area contributed by atoms with E-state index in [9.17, 15) is 5.11 Å². The normalized spacial score (nSPS) is 12.3. The smallest absolute Gasteiger partial charge is 0.122 e. The first-order valence-corrected chi connectivity index (χ1v) is 7.19. The molecule has 0 spiro atoms. The summed E-state index contributed by atoms with van der Waals surface area (Å²) in [5.41, 5.74) is 2.30. The third-order valence-electron chi connectivity index (χ3n) is 3.25. The Kier molecular flexibility index (Phi) is 5.78. The van der Waals surface area contributed by atoms with Gasteiger partial charge in [-0.05, 0) is 25.5 Å². The lowest BCUT2D eigenvalue weighted by atomic mass is 10.1. The van der Waals surface area contributed by atoms with Crippen LogP contribution >= 0.6 is 0 Å². The predicted molar refractivity (Wildman–Crippen MR) is 82.5 cm³/mol. The summed E-state index contributed by atoms with van der Waals surface area (Å²) in [6, 6.07) is 6.03. The fourth-order valence-corrected chi connectivity index (χ4v) is 2.10. The van der Waals surface area contributed by atoms with Gasteiger partial charge in [0.05, 0.1) is 6.33 Å². The van der Waals surface area contributed by atoms with Crippen LogP contribution in [0.5, 0.6) is 5.75 Å². The Bertz CT molecular complexity index is 540. The number of ether oxygens (including phenoxy) is 1. The largest absolute Gasteiger partial charge is 0.491 e. The molecule has 0 aliphatic rings. The highest BCUT2D eigenvalue weighted by Crippen LogP contribution is 2.18. The summed E-state index contributed by atoms with van der Waals surface area (Å²) in [6.07, 6.45) is 4.93. The molecule has 0 aliphatic heterocycles. The predicted octanol–water partition coefficient (Wildman–Crippen LogP) is 1.53. The van der Waals surface area contributed by atoms with Crippen molar-refractivity contribution in [3.63, 3.8) is 0 Å². The van der Waals surface area contributed by atoms with Crippen LogP contribution in [-0.2, 0) is 6.54 Å². The van der Waals surface area contributed by atoms with Gasteiger partial charge in [-0.1, -0.05) is 17.7 Å². The molecule has 0 aliphatic carbocycles. The molecule has 0 saturated carbocycles. The monoisotopic (exact) mass is 289 g/mol. The maximum Gasteiger partial charge on any atom is 0.122 e. The van der Waals surface area contributed by atoms with E-state index in [2.05, 4.69) is 23.3 Å². The van der Waals surface area contributed by atoms with Crippen LogP contribution in [0.1, 0.15) is 11.1 Å². The van der Waals surface area contributed by atoms with Gasteiger partial charge in [0, 0.05) is 32.0 Å². The Balaban J connectivity index is 1.64. The standard InChI is InChI=1S/C16H23N3O2/c1-13-3-4-16(14(2)9-13)21-11-15(20)10-17-5-7-19-8-6-18-12-19/h3-4,6,8-9,12,15,17,20H,5,7,10-11H2,1-2H3. The summed E-state index contributed by atoms with van der Waals surface area (Å²) >= 11 is 0. The van der Waals surface area contributed by atoms with Crippen LogP contribution in [0.15, 0.2) is 36.9 Å². The second-order valence-electron chi connectivity index (χ2n) is 5.24. The first-order valence-electron chi connectivity index (χ1n) is 7.19. The van der Waals surface area contributed by atoms with Crippen molar-refractivity contribution in [3.8, 4) is 5.75 Å². The minimum Gasteiger partial charge on any atom is -0.491 e. The highest BCUT2D eigenvalue weighted by atomic mass is 16.5. The molecule has 1 aromatic carbocycles. The number of rotatable bonds is 8. The van der Waals surface area contributed by atoms with Gasteiger partial charge in [0.15, 0.2) is 0 Å². The maximum atomic E-state index is 9.91. The van der Waals surface area contributed by atoms with Crippen molar-refractivity contribution in [2.24, 2.45) is 0 Å². The lowest BCUT2D eigenvalue weighted by Gasteiger charge is -2.15. The van der Waals surface area contributed by atoms with Crippen LogP contribution in [0.3, 0.4) is 0 Å². The molecule has 0 radical (unpaired) electrons. The molecule has 1 aromatic heterocycles. The molecule has 2 aromatic rings. The second-order valence-corrected chi connectivity index (χ2v) is 5.24. The molecule has 0 saturated heterocycles. The van der Waals surface area contributed by atoms with Gasteiger partial charge in [0.25, 0.3) is 0 Å². The topological polar surface area (TPSA) is 59.3 Å². The SMILES string of the molecule is Cc1ccc(OCC(O)CNCCn2ccnc2)c(C)c1. The Morgan fingerprint density at radius 3 is 2.95 bits per heavy atom. The summed E-state index contributed by atoms with van der Waals surface area (Å²) in [5, 5.41) is 13.1. The molecule has 5 nitrogen and oxygen atoms in total. The number of nitrogens with one attached hydrogen (secondary N) is 1. The number of aliphatic hydroxyl groups is 1. The zero-order chi connectivity index (χ0) is 15.1. The maximum absolute atomic E-state index is 9.91. The van der Waals surface area contributed by atoms with Gasteiger partial charge in [-0.25, -0.2) is 4.98 Å². The van der Waals surface area contributed by atoms with Crippen molar-refractivity contribution in [1.82, 2.24) is 14.9 Å². The number of nitrogens with zero attached hydrogens (tertiary/aromatic N) is 2. The molecular formula is C16H23N3O2. The number of aryl methyl sites for hydroxylation is 2. The zero-order valence-corrected chi connectivity index (χ0v) is 12.6. The van der Waals surface area contributed by atoms with Gasteiger partial charge in [0.1, 0.15) is 18.5 Å².